The SMILES string of the molecule is O=C(Nc1cc(C(F)(F)F)ccc1Cl)c1cn[nH]c1. The van der Waals surface area contributed by atoms with Gasteiger partial charge in [0.25, 0.3) is 5.91 Å². The van der Waals surface area contributed by atoms with Gasteiger partial charge < -0.3 is 5.32 Å². The van der Waals surface area contributed by atoms with Gasteiger partial charge in [0.2, 0.25) is 0 Å². The van der Waals surface area contributed by atoms with Crippen LogP contribution in [0.1, 0.15) is 15.9 Å². The first-order chi connectivity index (χ1) is 8.88. The number of amides is 1. The Morgan fingerprint density at radius 3 is 2.68 bits per heavy atom. The van der Waals surface area contributed by atoms with Crippen LogP contribution in [0.3, 0.4) is 0 Å². The van der Waals surface area contributed by atoms with E-state index in [4.69, 9.17) is 11.6 Å². The number of benzene rings is 1. The highest BCUT2D eigenvalue weighted by Crippen LogP contribution is 2.33. The lowest BCUT2D eigenvalue weighted by Gasteiger charge is -2.11. The van der Waals surface area contributed by atoms with Crippen LogP contribution in [-0.2, 0) is 6.18 Å². The molecule has 1 amide bonds. The van der Waals surface area contributed by atoms with Crippen molar-refractivity contribution in [3.05, 3.63) is 46.7 Å². The summed E-state index contributed by atoms with van der Waals surface area (Å²) in [5.74, 6) is -0.602. The van der Waals surface area contributed by atoms with Crippen molar-refractivity contribution in [3.63, 3.8) is 0 Å². The van der Waals surface area contributed by atoms with E-state index in [0.717, 1.165) is 18.2 Å². The predicted molar refractivity (Wildman–Crippen MR) is 63.0 cm³/mol. The van der Waals surface area contributed by atoms with Crippen LogP contribution in [0.5, 0.6) is 0 Å². The van der Waals surface area contributed by atoms with E-state index in [1.807, 2.05) is 0 Å². The molecule has 4 nitrogen and oxygen atoms in total. The predicted octanol–water partition coefficient (Wildman–Crippen LogP) is 3.33. The highest BCUT2D eigenvalue weighted by molar-refractivity contribution is 6.33. The molecular formula is C11H7ClF3N3O. The number of hydrogen-bond acceptors (Lipinski definition) is 2. The molecule has 0 bridgehead atoms. The third-order valence-corrected chi connectivity index (χ3v) is 2.63. The van der Waals surface area contributed by atoms with Crippen LogP contribution >= 0.6 is 11.6 Å². The van der Waals surface area contributed by atoms with Crippen LogP contribution < -0.4 is 5.32 Å². The summed E-state index contributed by atoms with van der Waals surface area (Å²) in [4.78, 5) is 11.7. The van der Waals surface area contributed by atoms with E-state index in [0.29, 0.717) is 0 Å². The molecular weight excluding hydrogens is 283 g/mol. The van der Waals surface area contributed by atoms with E-state index in [1.54, 1.807) is 0 Å². The quantitative estimate of drug-likeness (QED) is 0.891. The first-order valence-electron chi connectivity index (χ1n) is 5.05. The molecule has 0 spiro atoms. The van der Waals surface area contributed by atoms with Gasteiger partial charge in [-0.3, -0.25) is 9.89 Å². The monoisotopic (exact) mass is 289 g/mol. The van der Waals surface area contributed by atoms with Gasteiger partial charge >= 0.3 is 6.18 Å². The summed E-state index contributed by atoms with van der Waals surface area (Å²) >= 11 is 5.75. The van der Waals surface area contributed by atoms with Crippen molar-refractivity contribution < 1.29 is 18.0 Å². The lowest BCUT2D eigenvalue weighted by molar-refractivity contribution is -0.137. The fourth-order valence-electron chi connectivity index (χ4n) is 1.37. The minimum atomic E-state index is -4.50. The lowest BCUT2D eigenvalue weighted by atomic mass is 10.2. The topological polar surface area (TPSA) is 57.8 Å². The molecule has 100 valence electrons. The van der Waals surface area contributed by atoms with E-state index in [1.165, 1.54) is 12.4 Å². The van der Waals surface area contributed by atoms with Crippen LogP contribution in [0.15, 0.2) is 30.6 Å². The molecule has 0 aliphatic carbocycles. The number of hydrogen-bond donors (Lipinski definition) is 2. The number of carbonyl (C=O) groups excluding carboxylic acids is 1. The summed E-state index contributed by atoms with van der Waals surface area (Å²) in [5.41, 5.74) is -0.810. The van der Waals surface area contributed by atoms with Crippen molar-refractivity contribution >= 4 is 23.2 Å². The molecule has 0 aliphatic rings. The summed E-state index contributed by atoms with van der Waals surface area (Å²) in [6, 6.07) is 2.70. The number of anilines is 1. The van der Waals surface area contributed by atoms with Gasteiger partial charge in [-0.25, -0.2) is 0 Å². The molecule has 1 heterocycles. The van der Waals surface area contributed by atoms with Crippen LogP contribution in [0.25, 0.3) is 0 Å². The minimum Gasteiger partial charge on any atom is -0.321 e. The maximum Gasteiger partial charge on any atom is 0.416 e. The molecule has 2 rings (SSSR count). The largest absolute Gasteiger partial charge is 0.416 e. The maximum absolute atomic E-state index is 12.5. The zero-order chi connectivity index (χ0) is 14.0. The average Bonchev–Trinajstić information content (AvgIpc) is 2.84. The second kappa shape index (κ2) is 4.93. The second-order valence-electron chi connectivity index (χ2n) is 3.63. The standard InChI is InChI=1S/C11H7ClF3N3O/c12-8-2-1-7(11(13,14)15)3-9(8)18-10(19)6-4-16-17-5-6/h1-5H,(H,16,17)(H,18,19). The lowest BCUT2D eigenvalue weighted by Crippen LogP contribution is -2.13. The number of nitrogens with zero attached hydrogens (tertiary/aromatic N) is 1. The molecule has 0 atom stereocenters. The van der Waals surface area contributed by atoms with Crippen molar-refractivity contribution in [1.29, 1.82) is 0 Å². The Hall–Kier alpha value is -2.02. The molecule has 2 aromatic rings. The summed E-state index contributed by atoms with van der Waals surface area (Å²) in [5, 5.41) is 8.30. The Kier molecular flexibility index (Phi) is 3.48. The van der Waals surface area contributed by atoms with Gasteiger partial charge in [-0.05, 0) is 18.2 Å². The maximum atomic E-state index is 12.5. The number of aromatic nitrogens is 2. The normalized spacial score (nSPS) is 11.4. The summed E-state index contributed by atoms with van der Waals surface area (Å²) in [6.07, 6.45) is -1.94. The molecule has 1 aromatic carbocycles. The van der Waals surface area contributed by atoms with Crippen molar-refractivity contribution in [2.24, 2.45) is 0 Å². The number of halogens is 4. The van der Waals surface area contributed by atoms with Crippen LogP contribution in [-0.4, -0.2) is 16.1 Å². The van der Waals surface area contributed by atoms with Crippen LogP contribution in [0, 0.1) is 0 Å². The van der Waals surface area contributed by atoms with Crippen molar-refractivity contribution in [2.75, 3.05) is 5.32 Å². The summed E-state index contributed by atoms with van der Waals surface area (Å²) < 4.78 is 37.6. The zero-order valence-corrected chi connectivity index (χ0v) is 10.0. The number of rotatable bonds is 2. The third kappa shape index (κ3) is 3.05. The molecule has 2 N–H and O–H groups in total. The fraction of sp³-hybridized carbons (Fsp3) is 0.0909. The van der Waals surface area contributed by atoms with Gasteiger partial charge in [0.1, 0.15) is 0 Å². The van der Waals surface area contributed by atoms with Crippen LogP contribution in [0.2, 0.25) is 5.02 Å². The molecule has 0 aliphatic heterocycles. The number of H-pyrrole nitrogens is 1. The highest BCUT2D eigenvalue weighted by Gasteiger charge is 2.31. The highest BCUT2D eigenvalue weighted by atomic mass is 35.5. The molecule has 0 fully saturated rings. The number of aromatic amines is 1. The Bertz CT molecular complexity index is 596. The van der Waals surface area contributed by atoms with E-state index in [-0.39, 0.29) is 16.3 Å². The fourth-order valence-corrected chi connectivity index (χ4v) is 1.53. The zero-order valence-electron chi connectivity index (χ0n) is 9.25. The number of carbonyl (C=O) groups is 1. The molecule has 19 heavy (non-hydrogen) atoms. The van der Waals surface area contributed by atoms with Gasteiger partial charge in [-0.2, -0.15) is 18.3 Å². The Balaban J connectivity index is 2.27. The van der Waals surface area contributed by atoms with Gasteiger partial charge in [0.05, 0.1) is 28.0 Å². The van der Waals surface area contributed by atoms with Crippen molar-refractivity contribution in [1.82, 2.24) is 10.2 Å². The van der Waals surface area contributed by atoms with Gasteiger partial charge in [-0.15, -0.1) is 0 Å². The molecule has 1 aromatic heterocycles. The van der Waals surface area contributed by atoms with Gasteiger partial charge in [-0.1, -0.05) is 11.6 Å². The smallest absolute Gasteiger partial charge is 0.321 e. The Morgan fingerprint density at radius 1 is 1.37 bits per heavy atom. The first-order valence-corrected chi connectivity index (χ1v) is 5.42. The van der Waals surface area contributed by atoms with Crippen LogP contribution in [0.4, 0.5) is 18.9 Å². The number of alkyl halides is 3. The average molecular weight is 290 g/mol. The van der Waals surface area contributed by atoms with E-state index < -0.39 is 17.6 Å². The molecule has 8 heteroatoms. The molecule has 0 unspecified atom stereocenters. The second-order valence-corrected chi connectivity index (χ2v) is 4.04. The van der Waals surface area contributed by atoms with E-state index >= 15 is 0 Å². The Labute approximate surface area is 110 Å². The van der Waals surface area contributed by atoms with Crippen molar-refractivity contribution in [3.8, 4) is 0 Å². The molecule has 0 saturated carbocycles. The first kappa shape index (κ1) is 13.4. The minimum absolute atomic E-state index is 0.0184. The summed E-state index contributed by atoms with van der Waals surface area (Å²) in [7, 11) is 0. The van der Waals surface area contributed by atoms with Gasteiger partial charge in [0, 0.05) is 6.20 Å². The third-order valence-electron chi connectivity index (χ3n) is 2.30. The van der Waals surface area contributed by atoms with E-state index in [2.05, 4.69) is 15.5 Å². The van der Waals surface area contributed by atoms with E-state index in [9.17, 15) is 18.0 Å². The van der Waals surface area contributed by atoms with Crippen molar-refractivity contribution in [2.45, 2.75) is 6.18 Å². The van der Waals surface area contributed by atoms with Gasteiger partial charge in [0.15, 0.2) is 0 Å². The number of nitrogens with one attached hydrogen (secondary N) is 2. The molecule has 0 saturated heterocycles. The Morgan fingerprint density at radius 2 is 2.11 bits per heavy atom. The summed E-state index contributed by atoms with van der Waals surface area (Å²) in [6.45, 7) is 0. The molecule has 0 radical (unpaired) electrons.